The van der Waals surface area contributed by atoms with Gasteiger partial charge in [0.1, 0.15) is 18.2 Å². The van der Waals surface area contributed by atoms with Gasteiger partial charge >= 0.3 is 0 Å². The minimum absolute atomic E-state index is 0.0400. The van der Waals surface area contributed by atoms with Crippen molar-refractivity contribution in [1.82, 2.24) is 5.32 Å². The fourth-order valence-electron chi connectivity index (χ4n) is 2.11. The average Bonchev–Trinajstić information content (AvgIpc) is 2.45. The molecule has 2 nitrogen and oxygen atoms in total. The highest BCUT2D eigenvalue weighted by molar-refractivity contribution is 5.36. The summed E-state index contributed by atoms with van der Waals surface area (Å²) in [4.78, 5) is 0. The van der Waals surface area contributed by atoms with E-state index in [1.807, 2.05) is 26.1 Å². The van der Waals surface area contributed by atoms with Crippen LogP contribution in [-0.4, -0.2) is 7.05 Å². The topological polar surface area (TPSA) is 21.3 Å². The number of aryl methyl sites for hydroxylation is 1. The number of halogens is 1. The summed E-state index contributed by atoms with van der Waals surface area (Å²) in [7, 11) is 1.85. The fourth-order valence-corrected chi connectivity index (χ4v) is 2.11. The van der Waals surface area contributed by atoms with E-state index in [0.29, 0.717) is 6.61 Å². The van der Waals surface area contributed by atoms with Crippen molar-refractivity contribution in [2.75, 3.05) is 7.05 Å². The van der Waals surface area contributed by atoms with Crippen LogP contribution in [0, 0.1) is 12.7 Å². The van der Waals surface area contributed by atoms with E-state index in [1.165, 1.54) is 17.7 Å². The molecule has 0 aromatic heterocycles. The van der Waals surface area contributed by atoms with Gasteiger partial charge in [-0.2, -0.15) is 0 Å². The second-order valence-electron chi connectivity index (χ2n) is 4.97. The molecule has 1 unspecified atom stereocenters. The molecular weight excluding hydrogens is 253 g/mol. The summed E-state index contributed by atoms with van der Waals surface area (Å²) in [6.07, 6.45) is 0. The van der Waals surface area contributed by atoms with Crippen LogP contribution in [0.4, 0.5) is 4.39 Å². The summed E-state index contributed by atoms with van der Waals surface area (Å²) in [6.45, 7) is 4.51. The van der Waals surface area contributed by atoms with Gasteiger partial charge in [-0.15, -0.1) is 0 Å². The van der Waals surface area contributed by atoms with Crippen molar-refractivity contribution in [3.63, 3.8) is 0 Å². The van der Waals surface area contributed by atoms with Gasteiger partial charge in [0, 0.05) is 11.6 Å². The predicted octanol–water partition coefficient (Wildman–Crippen LogP) is 3.99. The number of benzene rings is 2. The molecule has 2 rings (SSSR count). The van der Waals surface area contributed by atoms with E-state index in [-0.39, 0.29) is 11.9 Å². The molecule has 2 aromatic rings. The average molecular weight is 273 g/mol. The molecule has 0 aliphatic heterocycles. The first-order chi connectivity index (χ1) is 9.60. The summed E-state index contributed by atoms with van der Waals surface area (Å²) in [5, 5.41) is 3.11. The highest BCUT2D eigenvalue weighted by Gasteiger charge is 2.11. The Balaban J connectivity index is 2.16. The second kappa shape index (κ2) is 6.53. The Hall–Kier alpha value is -1.87. The Kier molecular flexibility index (Phi) is 4.74. The van der Waals surface area contributed by atoms with E-state index < -0.39 is 0 Å². The maximum atomic E-state index is 13.4. The first-order valence-electron chi connectivity index (χ1n) is 6.75. The monoisotopic (exact) mass is 273 g/mol. The summed E-state index contributed by atoms with van der Waals surface area (Å²) in [6, 6.07) is 12.9. The van der Waals surface area contributed by atoms with Crippen LogP contribution in [0.25, 0.3) is 0 Å². The zero-order valence-corrected chi connectivity index (χ0v) is 12.1. The van der Waals surface area contributed by atoms with Crippen molar-refractivity contribution < 1.29 is 9.13 Å². The highest BCUT2D eigenvalue weighted by Crippen LogP contribution is 2.26. The molecule has 0 spiro atoms. The van der Waals surface area contributed by atoms with Crippen LogP contribution in [0.3, 0.4) is 0 Å². The molecular formula is C17H20FNO. The number of hydrogen-bond acceptors (Lipinski definition) is 2. The third-order valence-electron chi connectivity index (χ3n) is 3.35. The van der Waals surface area contributed by atoms with Gasteiger partial charge in [-0.1, -0.05) is 29.8 Å². The van der Waals surface area contributed by atoms with E-state index in [4.69, 9.17) is 4.74 Å². The molecule has 1 N–H and O–H groups in total. The molecule has 0 amide bonds. The third-order valence-corrected chi connectivity index (χ3v) is 3.35. The summed E-state index contributed by atoms with van der Waals surface area (Å²) >= 11 is 0. The van der Waals surface area contributed by atoms with Gasteiger partial charge in [0.05, 0.1) is 0 Å². The molecule has 2 aromatic carbocycles. The van der Waals surface area contributed by atoms with Crippen LogP contribution in [0.15, 0.2) is 42.5 Å². The molecule has 0 bridgehead atoms. The predicted molar refractivity (Wildman–Crippen MR) is 79.4 cm³/mol. The molecule has 0 saturated carbocycles. The Morgan fingerprint density at radius 2 is 2.00 bits per heavy atom. The van der Waals surface area contributed by atoms with Crippen LogP contribution in [0.5, 0.6) is 5.75 Å². The fraction of sp³-hybridized carbons (Fsp3) is 0.294. The van der Waals surface area contributed by atoms with Crippen molar-refractivity contribution in [2.24, 2.45) is 0 Å². The van der Waals surface area contributed by atoms with E-state index >= 15 is 0 Å². The number of hydrogen-bond donors (Lipinski definition) is 1. The molecule has 20 heavy (non-hydrogen) atoms. The largest absolute Gasteiger partial charge is 0.489 e. The first kappa shape index (κ1) is 14.5. The van der Waals surface area contributed by atoms with Gasteiger partial charge in [0.25, 0.3) is 0 Å². The molecule has 0 radical (unpaired) electrons. The van der Waals surface area contributed by atoms with Gasteiger partial charge in [-0.25, -0.2) is 4.39 Å². The summed E-state index contributed by atoms with van der Waals surface area (Å²) < 4.78 is 19.2. The van der Waals surface area contributed by atoms with E-state index in [0.717, 1.165) is 16.9 Å². The normalized spacial score (nSPS) is 12.2. The second-order valence-corrected chi connectivity index (χ2v) is 4.97. The zero-order chi connectivity index (χ0) is 14.5. The van der Waals surface area contributed by atoms with Crippen molar-refractivity contribution in [2.45, 2.75) is 26.5 Å². The lowest BCUT2D eigenvalue weighted by molar-refractivity contribution is 0.299. The molecule has 0 heterocycles. The smallest absolute Gasteiger partial charge is 0.124 e. The van der Waals surface area contributed by atoms with Gasteiger partial charge in [0.2, 0.25) is 0 Å². The molecule has 106 valence electrons. The molecule has 0 fully saturated rings. The Morgan fingerprint density at radius 3 is 2.70 bits per heavy atom. The minimum atomic E-state index is -0.245. The maximum Gasteiger partial charge on any atom is 0.124 e. The van der Waals surface area contributed by atoms with Crippen LogP contribution < -0.4 is 10.1 Å². The first-order valence-corrected chi connectivity index (χ1v) is 6.75. The van der Waals surface area contributed by atoms with Crippen LogP contribution in [0.2, 0.25) is 0 Å². The molecule has 0 aliphatic carbocycles. The molecule has 3 heteroatoms. The zero-order valence-electron chi connectivity index (χ0n) is 12.1. The molecule has 0 aliphatic rings. The van der Waals surface area contributed by atoms with Crippen molar-refractivity contribution in [3.05, 3.63) is 65.0 Å². The van der Waals surface area contributed by atoms with Crippen molar-refractivity contribution >= 4 is 0 Å². The van der Waals surface area contributed by atoms with Crippen LogP contribution >= 0.6 is 0 Å². The van der Waals surface area contributed by atoms with Gasteiger partial charge < -0.3 is 10.1 Å². The lowest BCUT2D eigenvalue weighted by atomic mass is 10.1. The number of rotatable bonds is 5. The quantitative estimate of drug-likeness (QED) is 0.889. The third kappa shape index (κ3) is 3.58. The van der Waals surface area contributed by atoms with E-state index in [2.05, 4.69) is 24.4 Å². The van der Waals surface area contributed by atoms with Crippen molar-refractivity contribution in [1.29, 1.82) is 0 Å². The van der Waals surface area contributed by atoms with Gasteiger partial charge in [-0.05, 0) is 44.7 Å². The van der Waals surface area contributed by atoms with E-state index in [1.54, 1.807) is 6.07 Å². The lowest BCUT2D eigenvalue weighted by Crippen LogP contribution is -2.14. The Labute approximate surface area is 119 Å². The number of nitrogens with one attached hydrogen (secondary N) is 1. The number of ether oxygens (including phenoxy) is 1. The summed E-state index contributed by atoms with van der Waals surface area (Å²) in [5.74, 6) is 0.472. The van der Waals surface area contributed by atoms with Gasteiger partial charge in [-0.3, -0.25) is 0 Å². The highest BCUT2D eigenvalue weighted by atomic mass is 19.1. The Bertz CT molecular complexity index is 583. The Morgan fingerprint density at radius 1 is 1.20 bits per heavy atom. The van der Waals surface area contributed by atoms with Crippen molar-refractivity contribution in [3.8, 4) is 5.75 Å². The standard InChI is InChI=1S/C17H20FNO/c1-12-5-4-6-14(9-12)11-20-17-8-7-15(18)10-16(17)13(2)19-3/h4-10,13,19H,11H2,1-3H3. The molecule has 0 saturated heterocycles. The van der Waals surface area contributed by atoms with Crippen LogP contribution in [-0.2, 0) is 6.61 Å². The SMILES string of the molecule is CNC(C)c1cc(F)ccc1OCc1cccc(C)c1. The minimum Gasteiger partial charge on any atom is -0.489 e. The molecule has 1 atom stereocenters. The van der Waals surface area contributed by atoms with Crippen LogP contribution in [0.1, 0.15) is 29.7 Å². The lowest BCUT2D eigenvalue weighted by Gasteiger charge is -2.17. The van der Waals surface area contributed by atoms with E-state index in [9.17, 15) is 4.39 Å². The maximum absolute atomic E-state index is 13.4. The van der Waals surface area contributed by atoms with Gasteiger partial charge in [0.15, 0.2) is 0 Å². The summed E-state index contributed by atoms with van der Waals surface area (Å²) in [5.41, 5.74) is 3.14.